The summed E-state index contributed by atoms with van der Waals surface area (Å²) >= 11 is 0. The molecule has 2 rings (SSSR count). The fourth-order valence-electron chi connectivity index (χ4n) is 2.18. The molecule has 0 aliphatic carbocycles. The Morgan fingerprint density at radius 1 is 1.26 bits per heavy atom. The summed E-state index contributed by atoms with van der Waals surface area (Å²) in [5.74, 6) is 0.754. The minimum absolute atomic E-state index is 0.723. The first kappa shape index (κ1) is 13.6. The molecule has 1 aromatic carbocycles. The number of fused-ring (bicyclic) bond motifs is 1. The molecule has 0 fully saturated rings. The van der Waals surface area contributed by atoms with Gasteiger partial charge in [-0.2, -0.15) is 5.26 Å². The predicted octanol–water partition coefficient (Wildman–Crippen LogP) is 3.15. The second-order valence-corrected chi connectivity index (χ2v) is 5.33. The second kappa shape index (κ2) is 6.40. The van der Waals surface area contributed by atoms with E-state index in [1.165, 1.54) is 11.9 Å². The molecule has 0 unspecified atom stereocenters. The lowest BCUT2D eigenvalue weighted by molar-refractivity contribution is 0.522. The summed E-state index contributed by atoms with van der Waals surface area (Å²) in [6, 6.07) is 10.1. The average molecular weight is 255 g/mol. The van der Waals surface area contributed by atoms with E-state index in [1.807, 2.05) is 18.2 Å². The Kier molecular flexibility index (Phi) is 4.59. The van der Waals surface area contributed by atoms with Crippen molar-refractivity contribution in [2.45, 2.75) is 26.8 Å². The summed E-state index contributed by atoms with van der Waals surface area (Å²) in [6.07, 6.45) is 3.31. The van der Waals surface area contributed by atoms with Gasteiger partial charge in [-0.1, -0.05) is 13.8 Å². The zero-order valence-corrected chi connectivity index (χ0v) is 11.7. The monoisotopic (exact) mass is 255 g/mol. The number of benzene rings is 1. The van der Waals surface area contributed by atoms with E-state index in [9.17, 15) is 0 Å². The highest BCUT2D eigenvalue weighted by Gasteiger charge is 2.02. The highest BCUT2D eigenvalue weighted by molar-refractivity contribution is 5.81. The molecule has 0 radical (unpaired) electrons. The van der Waals surface area contributed by atoms with Crippen molar-refractivity contribution >= 4 is 10.9 Å². The lowest BCUT2D eigenvalue weighted by atomic mass is 10.1. The van der Waals surface area contributed by atoms with Gasteiger partial charge in [-0.3, -0.25) is 0 Å². The van der Waals surface area contributed by atoms with Gasteiger partial charge in [0.15, 0.2) is 0 Å². The minimum Gasteiger partial charge on any atom is -0.346 e. The molecule has 0 saturated carbocycles. The Morgan fingerprint density at radius 3 is 2.84 bits per heavy atom. The fraction of sp³-hybridized carbons (Fsp3) is 0.438. The Balaban J connectivity index is 1.93. The SMILES string of the molecule is CC(C)CCNCCn1ccc2cc(C#N)ccc21. The maximum Gasteiger partial charge on any atom is 0.0991 e. The van der Waals surface area contributed by atoms with Crippen molar-refractivity contribution in [3.63, 3.8) is 0 Å². The van der Waals surface area contributed by atoms with Gasteiger partial charge < -0.3 is 9.88 Å². The van der Waals surface area contributed by atoms with E-state index >= 15 is 0 Å². The summed E-state index contributed by atoms with van der Waals surface area (Å²) in [4.78, 5) is 0. The first-order valence-corrected chi connectivity index (χ1v) is 6.90. The number of aromatic nitrogens is 1. The van der Waals surface area contributed by atoms with E-state index in [2.05, 4.69) is 42.1 Å². The molecule has 0 aliphatic rings. The molecule has 0 aliphatic heterocycles. The van der Waals surface area contributed by atoms with Crippen molar-refractivity contribution in [1.29, 1.82) is 5.26 Å². The highest BCUT2D eigenvalue weighted by Crippen LogP contribution is 2.17. The van der Waals surface area contributed by atoms with E-state index in [-0.39, 0.29) is 0 Å². The van der Waals surface area contributed by atoms with Crippen LogP contribution in [-0.2, 0) is 6.54 Å². The average Bonchev–Trinajstić information content (AvgIpc) is 2.80. The summed E-state index contributed by atoms with van der Waals surface area (Å²) in [5, 5.41) is 13.5. The van der Waals surface area contributed by atoms with Crippen LogP contribution in [0, 0.1) is 17.2 Å². The van der Waals surface area contributed by atoms with Crippen LogP contribution in [-0.4, -0.2) is 17.7 Å². The Labute approximate surface area is 114 Å². The number of nitriles is 1. The molecule has 100 valence electrons. The van der Waals surface area contributed by atoms with Crippen LogP contribution in [0.25, 0.3) is 10.9 Å². The lowest BCUT2D eigenvalue weighted by Gasteiger charge is -2.08. The fourth-order valence-corrected chi connectivity index (χ4v) is 2.18. The lowest BCUT2D eigenvalue weighted by Crippen LogP contribution is -2.21. The van der Waals surface area contributed by atoms with Crippen molar-refractivity contribution in [2.75, 3.05) is 13.1 Å². The molecular weight excluding hydrogens is 234 g/mol. The summed E-state index contributed by atoms with van der Waals surface area (Å²) in [5.41, 5.74) is 1.92. The van der Waals surface area contributed by atoms with Gasteiger partial charge in [0.25, 0.3) is 0 Å². The normalized spacial score (nSPS) is 11.1. The van der Waals surface area contributed by atoms with Crippen molar-refractivity contribution in [1.82, 2.24) is 9.88 Å². The maximum absolute atomic E-state index is 8.88. The van der Waals surface area contributed by atoms with Gasteiger partial charge >= 0.3 is 0 Å². The third kappa shape index (κ3) is 3.59. The number of nitrogens with zero attached hydrogens (tertiary/aromatic N) is 2. The Hall–Kier alpha value is -1.79. The van der Waals surface area contributed by atoms with Crippen LogP contribution >= 0.6 is 0 Å². The van der Waals surface area contributed by atoms with Crippen LogP contribution in [0.1, 0.15) is 25.8 Å². The Bertz CT molecular complexity index is 575. The van der Waals surface area contributed by atoms with Gasteiger partial charge in [-0.25, -0.2) is 0 Å². The second-order valence-electron chi connectivity index (χ2n) is 5.33. The molecule has 3 heteroatoms. The van der Waals surface area contributed by atoms with E-state index in [4.69, 9.17) is 5.26 Å². The molecule has 0 amide bonds. The number of rotatable bonds is 6. The van der Waals surface area contributed by atoms with E-state index in [1.54, 1.807) is 0 Å². The molecule has 1 heterocycles. The Morgan fingerprint density at radius 2 is 2.11 bits per heavy atom. The third-order valence-corrected chi connectivity index (χ3v) is 3.33. The zero-order valence-electron chi connectivity index (χ0n) is 11.7. The van der Waals surface area contributed by atoms with Crippen molar-refractivity contribution < 1.29 is 0 Å². The molecule has 2 aromatic rings. The molecule has 0 bridgehead atoms. The van der Waals surface area contributed by atoms with E-state index in [0.29, 0.717) is 0 Å². The minimum atomic E-state index is 0.723. The number of hydrogen-bond donors (Lipinski definition) is 1. The quantitative estimate of drug-likeness (QED) is 0.806. The van der Waals surface area contributed by atoms with Crippen molar-refractivity contribution in [2.24, 2.45) is 5.92 Å². The van der Waals surface area contributed by atoms with Crippen LogP contribution in [0.5, 0.6) is 0 Å². The third-order valence-electron chi connectivity index (χ3n) is 3.33. The topological polar surface area (TPSA) is 40.8 Å². The molecule has 0 atom stereocenters. The van der Waals surface area contributed by atoms with Gasteiger partial charge in [-0.05, 0) is 43.1 Å². The summed E-state index contributed by atoms with van der Waals surface area (Å²) < 4.78 is 2.23. The smallest absolute Gasteiger partial charge is 0.0991 e. The van der Waals surface area contributed by atoms with Gasteiger partial charge in [0.1, 0.15) is 0 Å². The predicted molar refractivity (Wildman–Crippen MR) is 79.0 cm³/mol. The highest BCUT2D eigenvalue weighted by atomic mass is 15.0. The van der Waals surface area contributed by atoms with Crippen molar-refractivity contribution in [3.8, 4) is 6.07 Å². The molecule has 19 heavy (non-hydrogen) atoms. The first-order valence-electron chi connectivity index (χ1n) is 6.90. The summed E-state index contributed by atoms with van der Waals surface area (Å²) in [7, 11) is 0. The van der Waals surface area contributed by atoms with Crippen LogP contribution in [0.3, 0.4) is 0 Å². The molecule has 3 nitrogen and oxygen atoms in total. The van der Waals surface area contributed by atoms with Crippen LogP contribution in [0.15, 0.2) is 30.5 Å². The zero-order chi connectivity index (χ0) is 13.7. The van der Waals surface area contributed by atoms with Crippen LogP contribution in [0.4, 0.5) is 0 Å². The summed E-state index contributed by atoms with van der Waals surface area (Å²) in [6.45, 7) is 7.52. The van der Waals surface area contributed by atoms with Gasteiger partial charge in [0.2, 0.25) is 0 Å². The van der Waals surface area contributed by atoms with E-state index in [0.717, 1.165) is 36.5 Å². The van der Waals surface area contributed by atoms with Gasteiger partial charge in [-0.15, -0.1) is 0 Å². The molecule has 0 saturated heterocycles. The van der Waals surface area contributed by atoms with Gasteiger partial charge in [0.05, 0.1) is 11.6 Å². The molecule has 1 N–H and O–H groups in total. The number of nitrogens with one attached hydrogen (secondary N) is 1. The number of hydrogen-bond acceptors (Lipinski definition) is 2. The first-order chi connectivity index (χ1) is 9.20. The standard InChI is InChI=1S/C16H21N3/c1-13(2)5-7-18-8-10-19-9-6-15-11-14(12-17)3-4-16(15)19/h3-4,6,9,11,13,18H,5,7-8,10H2,1-2H3. The molecular formula is C16H21N3. The molecule has 0 spiro atoms. The van der Waals surface area contributed by atoms with E-state index < -0.39 is 0 Å². The largest absolute Gasteiger partial charge is 0.346 e. The molecule has 1 aromatic heterocycles. The van der Waals surface area contributed by atoms with Crippen LogP contribution in [0.2, 0.25) is 0 Å². The van der Waals surface area contributed by atoms with Crippen LogP contribution < -0.4 is 5.32 Å². The van der Waals surface area contributed by atoms with Gasteiger partial charge in [0, 0.05) is 30.2 Å². The van der Waals surface area contributed by atoms with Crippen molar-refractivity contribution in [3.05, 3.63) is 36.0 Å². The maximum atomic E-state index is 8.88.